The number of aromatic nitrogens is 1. The van der Waals surface area contributed by atoms with Crippen LogP contribution in [0.2, 0.25) is 0 Å². The van der Waals surface area contributed by atoms with Gasteiger partial charge in [0.05, 0.1) is 0 Å². The largest absolute Gasteiger partial charge is 0.314 e. The second kappa shape index (κ2) is 3.88. The van der Waals surface area contributed by atoms with E-state index in [1.54, 1.807) is 0 Å². The third-order valence-corrected chi connectivity index (χ3v) is 2.55. The molecule has 0 bridgehead atoms. The van der Waals surface area contributed by atoms with E-state index in [4.69, 9.17) is 0 Å². The summed E-state index contributed by atoms with van der Waals surface area (Å²) >= 11 is 0. The third-order valence-electron chi connectivity index (χ3n) is 2.55. The maximum absolute atomic E-state index is 4.13. The smallest absolute Gasteiger partial charge is 0.0302 e. The zero-order chi connectivity index (χ0) is 9.10. The summed E-state index contributed by atoms with van der Waals surface area (Å²) < 4.78 is 0. The zero-order valence-corrected chi connectivity index (χ0v) is 8.09. The molecule has 1 aromatic heterocycles. The summed E-state index contributed by atoms with van der Waals surface area (Å²) in [6.45, 7) is 3.24. The lowest BCUT2D eigenvalue weighted by Gasteiger charge is -2.05. The van der Waals surface area contributed by atoms with Gasteiger partial charge >= 0.3 is 0 Å². The zero-order valence-electron chi connectivity index (χ0n) is 8.09. The molecule has 1 heterocycles. The first kappa shape index (κ1) is 8.70. The fourth-order valence-corrected chi connectivity index (χ4v) is 1.46. The Hall–Kier alpha value is -0.890. The van der Waals surface area contributed by atoms with Crippen molar-refractivity contribution < 1.29 is 0 Å². The Balaban J connectivity index is 1.82. The molecular formula is C11H16N2. The van der Waals surface area contributed by atoms with Gasteiger partial charge in [0, 0.05) is 18.4 Å². The highest BCUT2D eigenvalue weighted by molar-refractivity contribution is 5.21. The van der Waals surface area contributed by atoms with Crippen LogP contribution in [0.5, 0.6) is 0 Å². The molecule has 2 nitrogen and oxygen atoms in total. The van der Waals surface area contributed by atoms with Crippen molar-refractivity contribution in [1.82, 2.24) is 10.3 Å². The number of aryl methyl sites for hydroxylation is 1. The minimum atomic E-state index is 0.817. The Bertz CT molecular complexity index is 279. The summed E-state index contributed by atoms with van der Waals surface area (Å²) in [4.78, 5) is 4.13. The van der Waals surface area contributed by atoms with Gasteiger partial charge in [-0.05, 0) is 49.9 Å². The number of nitrogens with one attached hydrogen (secondary N) is 1. The lowest BCUT2D eigenvalue weighted by Crippen LogP contribution is -2.19. The predicted octanol–water partition coefficient (Wildman–Crippen LogP) is 1.68. The lowest BCUT2D eigenvalue weighted by atomic mass is 10.1. The molecule has 0 aromatic carbocycles. The van der Waals surface area contributed by atoms with Crippen LogP contribution < -0.4 is 5.32 Å². The van der Waals surface area contributed by atoms with E-state index in [0.29, 0.717) is 0 Å². The van der Waals surface area contributed by atoms with Gasteiger partial charge < -0.3 is 5.32 Å². The molecule has 1 aliphatic rings. The van der Waals surface area contributed by atoms with Crippen molar-refractivity contribution in [2.24, 2.45) is 0 Å². The molecule has 13 heavy (non-hydrogen) atoms. The van der Waals surface area contributed by atoms with E-state index in [-0.39, 0.29) is 0 Å². The van der Waals surface area contributed by atoms with Crippen molar-refractivity contribution >= 4 is 0 Å². The van der Waals surface area contributed by atoms with Gasteiger partial charge in [-0.15, -0.1) is 0 Å². The van der Waals surface area contributed by atoms with Crippen LogP contribution in [0.4, 0.5) is 0 Å². The topological polar surface area (TPSA) is 24.9 Å². The number of hydrogen-bond acceptors (Lipinski definition) is 2. The van der Waals surface area contributed by atoms with Crippen molar-refractivity contribution in [2.75, 3.05) is 6.54 Å². The van der Waals surface area contributed by atoms with Crippen LogP contribution in [0.25, 0.3) is 0 Å². The van der Waals surface area contributed by atoms with Crippen LogP contribution in [0.1, 0.15) is 24.0 Å². The minimum Gasteiger partial charge on any atom is -0.314 e. The van der Waals surface area contributed by atoms with Crippen LogP contribution in [0, 0.1) is 6.92 Å². The molecule has 1 aliphatic carbocycles. The first-order valence-corrected chi connectivity index (χ1v) is 4.99. The average Bonchev–Trinajstić information content (AvgIpc) is 2.92. The van der Waals surface area contributed by atoms with E-state index in [0.717, 1.165) is 19.0 Å². The van der Waals surface area contributed by atoms with Crippen molar-refractivity contribution in [3.05, 3.63) is 29.6 Å². The molecule has 0 aliphatic heterocycles. The van der Waals surface area contributed by atoms with Gasteiger partial charge in [-0.25, -0.2) is 0 Å². The molecule has 70 valence electrons. The molecule has 1 saturated carbocycles. The van der Waals surface area contributed by atoms with E-state index in [2.05, 4.69) is 23.3 Å². The first-order valence-electron chi connectivity index (χ1n) is 4.99. The second-order valence-corrected chi connectivity index (χ2v) is 3.78. The first-order chi connectivity index (χ1) is 6.36. The Kier molecular flexibility index (Phi) is 2.60. The van der Waals surface area contributed by atoms with Gasteiger partial charge in [0.15, 0.2) is 0 Å². The summed E-state index contributed by atoms with van der Waals surface area (Å²) in [7, 11) is 0. The van der Waals surface area contributed by atoms with Gasteiger partial charge in [0.2, 0.25) is 0 Å². The minimum absolute atomic E-state index is 0.817. The average molecular weight is 176 g/mol. The van der Waals surface area contributed by atoms with Crippen LogP contribution in [0.3, 0.4) is 0 Å². The van der Waals surface area contributed by atoms with Crippen molar-refractivity contribution in [2.45, 2.75) is 32.2 Å². The van der Waals surface area contributed by atoms with E-state index in [1.807, 2.05) is 12.4 Å². The summed E-state index contributed by atoms with van der Waals surface area (Å²) in [6, 6.07) is 2.89. The highest BCUT2D eigenvalue weighted by Crippen LogP contribution is 2.18. The summed E-state index contributed by atoms with van der Waals surface area (Å²) in [5.74, 6) is 0. The molecule has 1 N–H and O–H groups in total. The Morgan fingerprint density at radius 3 is 3.08 bits per heavy atom. The normalized spacial score (nSPS) is 16.1. The Morgan fingerprint density at radius 1 is 1.54 bits per heavy atom. The molecule has 1 aromatic rings. The molecule has 0 atom stereocenters. The number of hydrogen-bond donors (Lipinski definition) is 1. The maximum atomic E-state index is 4.13. The molecule has 0 amide bonds. The second-order valence-electron chi connectivity index (χ2n) is 3.78. The maximum Gasteiger partial charge on any atom is 0.0302 e. The van der Waals surface area contributed by atoms with E-state index < -0.39 is 0 Å². The highest BCUT2D eigenvalue weighted by atomic mass is 14.9. The number of rotatable bonds is 4. The van der Waals surface area contributed by atoms with Gasteiger partial charge in [-0.3, -0.25) is 4.98 Å². The van der Waals surface area contributed by atoms with Gasteiger partial charge in [0.1, 0.15) is 0 Å². The Morgan fingerprint density at radius 2 is 2.38 bits per heavy atom. The third kappa shape index (κ3) is 2.52. The SMILES string of the molecule is Cc1ccncc1CCNC1CC1. The van der Waals surface area contributed by atoms with E-state index in [9.17, 15) is 0 Å². The molecule has 0 radical (unpaired) electrons. The summed E-state index contributed by atoms with van der Waals surface area (Å²) in [6.07, 6.45) is 7.67. The molecule has 0 unspecified atom stereocenters. The molecule has 2 rings (SSSR count). The Labute approximate surface area is 79.4 Å². The van der Waals surface area contributed by atoms with Crippen LogP contribution in [-0.2, 0) is 6.42 Å². The van der Waals surface area contributed by atoms with Gasteiger partial charge in [-0.1, -0.05) is 0 Å². The predicted molar refractivity (Wildman–Crippen MR) is 53.7 cm³/mol. The summed E-state index contributed by atoms with van der Waals surface area (Å²) in [5.41, 5.74) is 2.73. The molecule has 2 heteroatoms. The van der Waals surface area contributed by atoms with E-state index in [1.165, 1.54) is 24.0 Å². The highest BCUT2D eigenvalue weighted by Gasteiger charge is 2.19. The number of pyridine rings is 1. The molecular weight excluding hydrogens is 160 g/mol. The fourth-order valence-electron chi connectivity index (χ4n) is 1.46. The quantitative estimate of drug-likeness (QED) is 0.755. The lowest BCUT2D eigenvalue weighted by molar-refractivity contribution is 0.679. The van der Waals surface area contributed by atoms with Crippen molar-refractivity contribution in [3.8, 4) is 0 Å². The van der Waals surface area contributed by atoms with Crippen LogP contribution in [0.15, 0.2) is 18.5 Å². The van der Waals surface area contributed by atoms with Crippen molar-refractivity contribution in [3.63, 3.8) is 0 Å². The van der Waals surface area contributed by atoms with E-state index >= 15 is 0 Å². The van der Waals surface area contributed by atoms with Crippen LogP contribution in [-0.4, -0.2) is 17.6 Å². The molecule has 0 saturated heterocycles. The van der Waals surface area contributed by atoms with Crippen molar-refractivity contribution in [1.29, 1.82) is 0 Å². The molecule has 0 spiro atoms. The summed E-state index contributed by atoms with van der Waals surface area (Å²) in [5, 5.41) is 3.50. The standard InChI is InChI=1S/C11H16N2/c1-9-4-6-12-8-10(9)5-7-13-11-2-3-11/h4,6,8,11,13H,2-3,5,7H2,1H3. The van der Waals surface area contributed by atoms with Crippen LogP contribution >= 0.6 is 0 Å². The fraction of sp³-hybridized carbons (Fsp3) is 0.545. The molecule has 1 fully saturated rings. The van der Waals surface area contributed by atoms with Gasteiger partial charge in [-0.2, -0.15) is 0 Å². The monoisotopic (exact) mass is 176 g/mol. The number of nitrogens with zero attached hydrogens (tertiary/aromatic N) is 1. The van der Waals surface area contributed by atoms with Gasteiger partial charge in [0.25, 0.3) is 0 Å².